The summed E-state index contributed by atoms with van der Waals surface area (Å²) >= 11 is 3.37. The topological polar surface area (TPSA) is 101 Å². The van der Waals surface area contributed by atoms with Gasteiger partial charge in [0.15, 0.2) is 0 Å². The number of benzene rings is 3. The fourth-order valence-corrected chi connectivity index (χ4v) is 4.77. The lowest BCUT2D eigenvalue weighted by Gasteiger charge is -2.49. The molecular formula is C23H13BrFN3O5. The molecule has 5 rings (SSSR count). The van der Waals surface area contributed by atoms with Crippen LogP contribution in [0, 0.1) is 15.9 Å². The SMILES string of the molecule is O=C1c2cccc([N+](=O)[O-])c2C(=O)N1[C@@H]1C(=O)N(c2ccccc2F)[C@@H]1c1cccc(Br)c1. The van der Waals surface area contributed by atoms with Crippen LogP contribution in [0.15, 0.2) is 71.2 Å². The number of amides is 3. The molecule has 0 aliphatic carbocycles. The van der Waals surface area contributed by atoms with Crippen molar-refractivity contribution in [1.82, 2.24) is 4.90 Å². The second kappa shape index (κ2) is 7.59. The van der Waals surface area contributed by atoms with Gasteiger partial charge in [0.2, 0.25) is 0 Å². The highest BCUT2D eigenvalue weighted by Crippen LogP contribution is 2.46. The molecule has 33 heavy (non-hydrogen) atoms. The highest BCUT2D eigenvalue weighted by Gasteiger charge is 2.58. The number of nitro benzene ring substituents is 1. The summed E-state index contributed by atoms with van der Waals surface area (Å²) in [6, 6.07) is 14.2. The van der Waals surface area contributed by atoms with Gasteiger partial charge in [-0.2, -0.15) is 0 Å². The summed E-state index contributed by atoms with van der Waals surface area (Å²) in [5.41, 5.74) is -0.434. The monoisotopic (exact) mass is 509 g/mol. The van der Waals surface area contributed by atoms with Crippen LogP contribution < -0.4 is 4.90 Å². The van der Waals surface area contributed by atoms with Gasteiger partial charge in [-0.05, 0) is 35.9 Å². The van der Waals surface area contributed by atoms with Gasteiger partial charge in [-0.25, -0.2) is 4.39 Å². The molecule has 10 heteroatoms. The molecule has 0 bridgehead atoms. The van der Waals surface area contributed by atoms with Crippen LogP contribution >= 0.6 is 15.9 Å². The number of hydrogen-bond donors (Lipinski definition) is 0. The van der Waals surface area contributed by atoms with Crippen LogP contribution in [-0.2, 0) is 4.79 Å². The second-order valence-corrected chi connectivity index (χ2v) is 8.46. The van der Waals surface area contributed by atoms with Crippen LogP contribution in [0.3, 0.4) is 0 Å². The fraction of sp³-hybridized carbons (Fsp3) is 0.0870. The summed E-state index contributed by atoms with van der Waals surface area (Å²) in [7, 11) is 0. The van der Waals surface area contributed by atoms with Crippen LogP contribution in [0.4, 0.5) is 15.8 Å². The number of halogens is 2. The molecule has 3 amide bonds. The Hall–Kier alpha value is -3.92. The summed E-state index contributed by atoms with van der Waals surface area (Å²) in [6.07, 6.45) is 0. The van der Waals surface area contributed by atoms with Gasteiger partial charge >= 0.3 is 0 Å². The van der Waals surface area contributed by atoms with E-state index in [1.165, 1.54) is 35.2 Å². The first kappa shape index (κ1) is 21.0. The molecule has 2 aliphatic rings. The minimum Gasteiger partial charge on any atom is -0.297 e. The van der Waals surface area contributed by atoms with E-state index < -0.39 is 46.2 Å². The maximum Gasteiger partial charge on any atom is 0.282 e. The smallest absolute Gasteiger partial charge is 0.282 e. The Bertz CT molecular complexity index is 1380. The highest BCUT2D eigenvalue weighted by molar-refractivity contribution is 9.10. The van der Waals surface area contributed by atoms with Crippen molar-refractivity contribution >= 4 is 45.0 Å². The van der Waals surface area contributed by atoms with Crippen molar-refractivity contribution in [3.8, 4) is 0 Å². The van der Waals surface area contributed by atoms with E-state index in [-0.39, 0.29) is 16.8 Å². The number of rotatable bonds is 4. The molecule has 8 nitrogen and oxygen atoms in total. The Morgan fingerprint density at radius 1 is 0.879 bits per heavy atom. The number of hydrogen-bond acceptors (Lipinski definition) is 5. The number of carbonyl (C=O) groups is 3. The molecule has 0 spiro atoms. The Balaban J connectivity index is 1.63. The summed E-state index contributed by atoms with van der Waals surface area (Å²) in [5.74, 6) is -3.02. The number of fused-ring (bicyclic) bond motifs is 1. The van der Waals surface area contributed by atoms with E-state index in [0.29, 0.717) is 10.0 Å². The Labute approximate surface area is 194 Å². The summed E-state index contributed by atoms with van der Waals surface area (Å²) in [4.78, 5) is 52.3. The third-order valence-electron chi connectivity index (χ3n) is 5.77. The molecule has 3 aromatic rings. The molecule has 2 aliphatic heterocycles. The van der Waals surface area contributed by atoms with Gasteiger partial charge in [0, 0.05) is 10.5 Å². The molecule has 2 heterocycles. The van der Waals surface area contributed by atoms with Gasteiger partial charge in [0.25, 0.3) is 23.4 Å². The predicted molar refractivity (Wildman–Crippen MR) is 118 cm³/mol. The first-order valence-corrected chi connectivity index (χ1v) is 10.6. The summed E-state index contributed by atoms with van der Waals surface area (Å²) in [5, 5.41) is 11.4. The molecule has 0 saturated carbocycles. The number of nitrogens with zero attached hydrogens (tertiary/aromatic N) is 3. The lowest BCUT2D eigenvalue weighted by atomic mass is 9.86. The van der Waals surface area contributed by atoms with E-state index in [1.54, 1.807) is 30.3 Å². The minimum atomic E-state index is -1.29. The lowest BCUT2D eigenvalue weighted by Crippen LogP contribution is -2.67. The first-order chi connectivity index (χ1) is 15.8. The Morgan fingerprint density at radius 3 is 2.30 bits per heavy atom. The number of para-hydroxylation sites is 1. The van der Waals surface area contributed by atoms with Gasteiger partial charge in [-0.15, -0.1) is 0 Å². The highest BCUT2D eigenvalue weighted by atomic mass is 79.9. The minimum absolute atomic E-state index is 0.00585. The Morgan fingerprint density at radius 2 is 1.61 bits per heavy atom. The maximum absolute atomic E-state index is 14.6. The summed E-state index contributed by atoms with van der Waals surface area (Å²) in [6.45, 7) is 0. The van der Waals surface area contributed by atoms with Crippen LogP contribution in [0.2, 0.25) is 0 Å². The first-order valence-electron chi connectivity index (χ1n) is 9.79. The van der Waals surface area contributed by atoms with E-state index in [4.69, 9.17) is 0 Å². The zero-order chi connectivity index (χ0) is 23.4. The maximum atomic E-state index is 14.6. The molecular weight excluding hydrogens is 497 g/mol. The van der Waals surface area contributed by atoms with E-state index in [0.717, 1.165) is 11.0 Å². The molecule has 1 saturated heterocycles. The molecule has 0 aromatic heterocycles. The van der Waals surface area contributed by atoms with Crippen LogP contribution in [0.5, 0.6) is 0 Å². The molecule has 3 aromatic carbocycles. The second-order valence-electron chi connectivity index (χ2n) is 7.54. The number of carbonyl (C=O) groups excluding carboxylic acids is 3. The molecule has 0 N–H and O–H groups in total. The number of anilines is 1. The predicted octanol–water partition coefficient (Wildman–Crippen LogP) is 4.25. The van der Waals surface area contributed by atoms with Gasteiger partial charge in [-0.3, -0.25) is 34.3 Å². The van der Waals surface area contributed by atoms with Crippen LogP contribution in [0.25, 0.3) is 0 Å². The average molecular weight is 510 g/mol. The van der Waals surface area contributed by atoms with Crippen LogP contribution in [-0.4, -0.2) is 33.6 Å². The van der Waals surface area contributed by atoms with Crippen molar-refractivity contribution in [3.63, 3.8) is 0 Å². The summed E-state index contributed by atoms with van der Waals surface area (Å²) < 4.78 is 15.3. The van der Waals surface area contributed by atoms with Crippen LogP contribution in [0.1, 0.15) is 32.3 Å². The van der Waals surface area contributed by atoms with Gasteiger partial charge < -0.3 is 0 Å². The van der Waals surface area contributed by atoms with Crippen molar-refractivity contribution in [2.45, 2.75) is 12.1 Å². The molecule has 2 atom stereocenters. The molecule has 1 fully saturated rings. The lowest BCUT2D eigenvalue weighted by molar-refractivity contribution is -0.385. The van der Waals surface area contributed by atoms with Crippen molar-refractivity contribution in [2.24, 2.45) is 0 Å². The molecule has 0 unspecified atom stereocenters. The van der Waals surface area contributed by atoms with E-state index in [1.807, 2.05) is 0 Å². The standard InChI is InChI=1S/C23H13BrFN3O5/c24-13-6-3-5-12(11-13)19-20(23(31)26(19)16-9-2-1-8-15(16)25)27-21(29)14-7-4-10-17(28(32)33)18(14)22(27)30/h1-11,19-20H/t19-,20+/m1/s1. The third kappa shape index (κ3) is 3.05. The molecule has 0 radical (unpaired) electrons. The van der Waals surface area contributed by atoms with E-state index in [2.05, 4.69) is 15.9 Å². The average Bonchev–Trinajstić information content (AvgIpc) is 3.04. The number of imide groups is 1. The van der Waals surface area contributed by atoms with Crippen molar-refractivity contribution < 1.29 is 23.7 Å². The largest absolute Gasteiger partial charge is 0.297 e. The third-order valence-corrected chi connectivity index (χ3v) is 6.26. The van der Waals surface area contributed by atoms with Crippen molar-refractivity contribution in [3.05, 3.63) is 104 Å². The van der Waals surface area contributed by atoms with E-state index in [9.17, 15) is 28.9 Å². The van der Waals surface area contributed by atoms with Gasteiger partial charge in [0.1, 0.15) is 17.4 Å². The zero-order valence-corrected chi connectivity index (χ0v) is 18.2. The Kier molecular flexibility index (Phi) is 4.82. The molecule has 164 valence electrons. The van der Waals surface area contributed by atoms with Gasteiger partial charge in [0.05, 0.1) is 22.2 Å². The quantitative estimate of drug-likeness (QED) is 0.226. The van der Waals surface area contributed by atoms with Gasteiger partial charge in [-0.1, -0.05) is 46.3 Å². The van der Waals surface area contributed by atoms with E-state index >= 15 is 0 Å². The normalized spacial score (nSPS) is 19.5. The van der Waals surface area contributed by atoms with Crippen molar-refractivity contribution in [2.75, 3.05) is 4.90 Å². The number of nitro groups is 1. The fourth-order valence-electron chi connectivity index (χ4n) is 4.35. The number of β-lactam (4-membered cyclic amide) rings is 1. The zero-order valence-electron chi connectivity index (χ0n) is 16.6. The van der Waals surface area contributed by atoms with Crippen molar-refractivity contribution in [1.29, 1.82) is 0 Å².